The maximum Gasteiger partial charge on any atom is 0.249 e. The summed E-state index contributed by atoms with van der Waals surface area (Å²) in [6.45, 7) is 5.19. The number of carbonyl (C=O) groups is 1. The zero-order valence-corrected chi connectivity index (χ0v) is 12.5. The van der Waals surface area contributed by atoms with Crippen LogP contribution in [0.5, 0.6) is 0 Å². The van der Waals surface area contributed by atoms with Crippen molar-refractivity contribution in [2.75, 3.05) is 0 Å². The van der Waals surface area contributed by atoms with Crippen molar-refractivity contribution in [3.8, 4) is 11.3 Å². The van der Waals surface area contributed by atoms with Crippen LogP contribution in [0.4, 0.5) is 0 Å². The molecule has 0 spiro atoms. The van der Waals surface area contributed by atoms with Crippen molar-refractivity contribution in [3.05, 3.63) is 41.6 Å². The van der Waals surface area contributed by atoms with Crippen LogP contribution < -0.4 is 5.73 Å². The molecule has 0 aliphatic heterocycles. The number of carbonyl (C=O) groups excluding carboxylic acids is 1. The monoisotopic (exact) mass is 283 g/mol. The summed E-state index contributed by atoms with van der Waals surface area (Å²) in [5.41, 5.74) is 9.36. The summed E-state index contributed by atoms with van der Waals surface area (Å²) < 4.78 is 1.99. The van der Waals surface area contributed by atoms with Crippen molar-refractivity contribution in [1.82, 2.24) is 9.78 Å². The zero-order chi connectivity index (χ0) is 15.0. The largest absolute Gasteiger partial charge is 0.366 e. The molecule has 3 rings (SSSR count). The lowest BCUT2D eigenvalue weighted by Gasteiger charge is -2.12. The first-order chi connectivity index (χ1) is 10.1. The van der Waals surface area contributed by atoms with E-state index in [1.807, 2.05) is 16.8 Å². The van der Waals surface area contributed by atoms with Gasteiger partial charge in [0.1, 0.15) is 0 Å². The van der Waals surface area contributed by atoms with Gasteiger partial charge in [-0.25, -0.2) is 0 Å². The Morgan fingerprint density at radius 3 is 2.76 bits per heavy atom. The van der Waals surface area contributed by atoms with Gasteiger partial charge < -0.3 is 5.73 Å². The van der Waals surface area contributed by atoms with Crippen LogP contribution in [-0.4, -0.2) is 15.7 Å². The maximum atomic E-state index is 11.7. The molecule has 0 atom stereocenters. The molecule has 0 saturated heterocycles. The molecule has 1 aromatic heterocycles. The molecule has 2 aromatic rings. The van der Waals surface area contributed by atoms with Crippen LogP contribution in [0.15, 0.2) is 30.5 Å². The van der Waals surface area contributed by atoms with Gasteiger partial charge in [-0.2, -0.15) is 5.10 Å². The summed E-state index contributed by atoms with van der Waals surface area (Å²) in [6.07, 6.45) is 4.12. The third-order valence-electron chi connectivity index (χ3n) is 3.89. The summed E-state index contributed by atoms with van der Waals surface area (Å²) in [6, 6.07) is 8.04. The third-order valence-corrected chi connectivity index (χ3v) is 3.89. The molecule has 1 aliphatic rings. The van der Waals surface area contributed by atoms with Gasteiger partial charge in [0.25, 0.3) is 0 Å². The number of hydrogen-bond donors (Lipinski definition) is 1. The number of amides is 1. The summed E-state index contributed by atoms with van der Waals surface area (Å²) in [5.74, 6) is 0.695. The Labute approximate surface area is 125 Å². The first kappa shape index (κ1) is 13.9. The average Bonchev–Trinajstić information content (AvgIpc) is 3.18. The Balaban J connectivity index is 2.01. The summed E-state index contributed by atoms with van der Waals surface area (Å²) >= 11 is 0. The molecule has 1 saturated carbocycles. The molecule has 4 heteroatoms. The van der Waals surface area contributed by atoms with Crippen LogP contribution in [0.3, 0.4) is 0 Å². The fraction of sp³-hybridized carbons (Fsp3) is 0.412. The minimum atomic E-state index is -0.339. The molecule has 0 unspecified atom stereocenters. The Kier molecular flexibility index (Phi) is 3.53. The number of nitrogens with zero attached hydrogens (tertiary/aromatic N) is 2. The quantitative estimate of drug-likeness (QED) is 0.916. The second-order valence-electron chi connectivity index (χ2n) is 6.23. The first-order valence-corrected chi connectivity index (χ1v) is 7.52. The number of aromatic nitrogens is 2. The lowest BCUT2D eigenvalue weighted by atomic mass is 9.98. The van der Waals surface area contributed by atoms with Gasteiger partial charge in [-0.1, -0.05) is 26.0 Å². The Morgan fingerprint density at radius 2 is 2.14 bits per heavy atom. The second kappa shape index (κ2) is 5.35. The standard InChI is InChI=1S/C17H21N3O/c1-11(2)10-20-16(7-8-19-20)13-5-6-14(12-3-4-12)15(9-13)17(18)21/h5-9,11-12H,3-4,10H2,1-2H3,(H2,18,21). The fourth-order valence-corrected chi connectivity index (χ4v) is 2.75. The third kappa shape index (κ3) is 2.84. The van der Waals surface area contributed by atoms with E-state index in [1.54, 1.807) is 6.20 Å². The molecule has 0 radical (unpaired) electrons. The van der Waals surface area contributed by atoms with Gasteiger partial charge in [0.2, 0.25) is 5.91 Å². The molecular formula is C17H21N3O. The van der Waals surface area contributed by atoms with Crippen molar-refractivity contribution in [1.29, 1.82) is 0 Å². The van der Waals surface area contributed by atoms with E-state index in [9.17, 15) is 4.79 Å². The van der Waals surface area contributed by atoms with Crippen molar-refractivity contribution in [2.24, 2.45) is 11.7 Å². The lowest BCUT2D eigenvalue weighted by Crippen LogP contribution is -2.14. The van der Waals surface area contributed by atoms with Gasteiger partial charge in [-0.05, 0) is 42.4 Å². The van der Waals surface area contributed by atoms with Gasteiger partial charge in [0.05, 0.1) is 5.69 Å². The molecule has 21 heavy (non-hydrogen) atoms. The molecule has 1 heterocycles. The SMILES string of the molecule is CC(C)Cn1nccc1-c1ccc(C2CC2)c(C(N)=O)c1. The fourth-order valence-electron chi connectivity index (χ4n) is 2.75. The molecule has 0 bridgehead atoms. The van der Waals surface area contributed by atoms with Crippen LogP contribution in [0.2, 0.25) is 0 Å². The van der Waals surface area contributed by atoms with Crippen molar-refractivity contribution in [3.63, 3.8) is 0 Å². The smallest absolute Gasteiger partial charge is 0.249 e. The van der Waals surface area contributed by atoms with Gasteiger partial charge in [0.15, 0.2) is 0 Å². The number of nitrogens with two attached hydrogens (primary N) is 1. The van der Waals surface area contributed by atoms with Gasteiger partial charge in [-0.15, -0.1) is 0 Å². The predicted octanol–water partition coefficient (Wildman–Crippen LogP) is 3.18. The number of primary amides is 1. The van der Waals surface area contributed by atoms with E-state index in [2.05, 4.69) is 31.1 Å². The number of hydrogen-bond acceptors (Lipinski definition) is 2. The minimum Gasteiger partial charge on any atom is -0.366 e. The minimum absolute atomic E-state index is 0.339. The number of rotatable bonds is 5. The molecule has 4 nitrogen and oxygen atoms in total. The molecule has 2 N–H and O–H groups in total. The van der Waals surface area contributed by atoms with Crippen LogP contribution in [0.25, 0.3) is 11.3 Å². The Morgan fingerprint density at radius 1 is 1.38 bits per heavy atom. The highest BCUT2D eigenvalue weighted by Gasteiger charge is 2.27. The highest BCUT2D eigenvalue weighted by atomic mass is 16.1. The van der Waals surface area contributed by atoms with E-state index in [1.165, 1.54) is 0 Å². The summed E-state index contributed by atoms with van der Waals surface area (Å²) in [7, 11) is 0. The average molecular weight is 283 g/mol. The van der Waals surface area contributed by atoms with E-state index >= 15 is 0 Å². The maximum absolute atomic E-state index is 11.7. The highest BCUT2D eigenvalue weighted by molar-refractivity contribution is 5.96. The van der Waals surface area contributed by atoms with Crippen molar-refractivity contribution >= 4 is 5.91 Å². The van der Waals surface area contributed by atoms with Crippen molar-refractivity contribution < 1.29 is 4.79 Å². The molecule has 1 fully saturated rings. The van der Waals surface area contributed by atoms with Gasteiger partial charge in [-0.3, -0.25) is 9.48 Å². The Bertz CT molecular complexity index is 668. The van der Waals surface area contributed by atoms with Crippen LogP contribution in [0.1, 0.15) is 48.5 Å². The lowest BCUT2D eigenvalue weighted by molar-refractivity contribution is 0.0999. The van der Waals surface area contributed by atoms with E-state index < -0.39 is 0 Å². The first-order valence-electron chi connectivity index (χ1n) is 7.52. The van der Waals surface area contributed by atoms with E-state index in [-0.39, 0.29) is 5.91 Å². The summed E-state index contributed by atoms with van der Waals surface area (Å²) in [5, 5.41) is 4.38. The molecule has 1 aliphatic carbocycles. The molecular weight excluding hydrogens is 262 g/mol. The van der Waals surface area contributed by atoms with Crippen LogP contribution in [-0.2, 0) is 6.54 Å². The second-order valence-corrected chi connectivity index (χ2v) is 6.23. The van der Waals surface area contributed by atoms with E-state index in [0.29, 0.717) is 17.4 Å². The number of benzene rings is 1. The molecule has 1 amide bonds. The van der Waals surface area contributed by atoms with Crippen LogP contribution in [0, 0.1) is 5.92 Å². The summed E-state index contributed by atoms with van der Waals surface area (Å²) in [4.78, 5) is 11.7. The molecule has 1 aromatic carbocycles. The molecule has 110 valence electrons. The van der Waals surface area contributed by atoms with E-state index in [0.717, 1.165) is 36.2 Å². The Hall–Kier alpha value is -2.10. The van der Waals surface area contributed by atoms with Crippen LogP contribution >= 0.6 is 0 Å². The predicted molar refractivity (Wildman–Crippen MR) is 83.0 cm³/mol. The topological polar surface area (TPSA) is 60.9 Å². The zero-order valence-electron chi connectivity index (χ0n) is 12.5. The van der Waals surface area contributed by atoms with Crippen molar-refractivity contribution in [2.45, 2.75) is 39.2 Å². The van der Waals surface area contributed by atoms with Gasteiger partial charge >= 0.3 is 0 Å². The van der Waals surface area contributed by atoms with E-state index in [4.69, 9.17) is 5.73 Å². The van der Waals surface area contributed by atoms with Gasteiger partial charge in [0, 0.05) is 23.9 Å². The highest BCUT2D eigenvalue weighted by Crippen LogP contribution is 2.42. The normalized spacial score (nSPS) is 14.6.